The second-order valence-electron chi connectivity index (χ2n) is 4.94. The van der Waals surface area contributed by atoms with E-state index >= 15 is 0 Å². The van der Waals surface area contributed by atoms with Crippen LogP contribution in [-0.2, 0) is 9.53 Å². The lowest BCUT2D eigenvalue weighted by molar-refractivity contribution is -0.131. The summed E-state index contributed by atoms with van der Waals surface area (Å²) in [4.78, 5) is 14.9. The molecule has 1 N–H and O–H groups in total. The summed E-state index contributed by atoms with van der Waals surface area (Å²) in [5, 5.41) is 9.00. The van der Waals surface area contributed by atoms with Crippen molar-refractivity contribution in [2.24, 2.45) is 0 Å². The van der Waals surface area contributed by atoms with E-state index in [4.69, 9.17) is 9.84 Å². The molecule has 0 aromatic heterocycles. The number of nitrogens with zero attached hydrogens (tertiary/aromatic N) is 1. The van der Waals surface area contributed by atoms with Gasteiger partial charge in [0.2, 0.25) is 5.91 Å². The molecule has 0 saturated carbocycles. The number of carbonyl (C=O) groups excluding carboxylic acids is 1. The van der Waals surface area contributed by atoms with Crippen LogP contribution in [0.5, 0.6) is 0 Å². The number of rotatable bonds is 9. The summed E-state index contributed by atoms with van der Waals surface area (Å²) in [6.45, 7) is 5.57. The lowest BCUT2D eigenvalue weighted by atomic mass is 10.1. The first kappa shape index (κ1) is 18.0. The zero-order valence-corrected chi connectivity index (χ0v) is 13.9. The van der Waals surface area contributed by atoms with Crippen molar-refractivity contribution in [2.75, 3.05) is 39.2 Å². The molecule has 1 aromatic carbocycles. The van der Waals surface area contributed by atoms with Gasteiger partial charge in [-0.2, -0.15) is 0 Å². The van der Waals surface area contributed by atoms with Gasteiger partial charge in [0.25, 0.3) is 0 Å². The molecule has 0 saturated heterocycles. The summed E-state index contributed by atoms with van der Waals surface area (Å²) in [5.74, 6) is 0.813. The molecule has 0 atom stereocenters. The van der Waals surface area contributed by atoms with Crippen molar-refractivity contribution >= 4 is 17.7 Å². The van der Waals surface area contributed by atoms with Gasteiger partial charge in [0.05, 0.1) is 13.2 Å². The molecule has 1 amide bonds. The van der Waals surface area contributed by atoms with Crippen molar-refractivity contribution in [2.45, 2.75) is 25.2 Å². The first-order valence-electron chi connectivity index (χ1n) is 7.16. The molecule has 0 aliphatic heterocycles. The molecule has 21 heavy (non-hydrogen) atoms. The van der Waals surface area contributed by atoms with E-state index in [1.54, 1.807) is 23.8 Å². The predicted octanol–water partition coefficient (Wildman–Crippen LogP) is 2.25. The van der Waals surface area contributed by atoms with Gasteiger partial charge in [-0.3, -0.25) is 4.79 Å². The average molecular weight is 311 g/mol. The van der Waals surface area contributed by atoms with Gasteiger partial charge in [-0.15, -0.1) is 11.8 Å². The molecule has 0 fully saturated rings. The second-order valence-corrected chi connectivity index (χ2v) is 6.11. The molecule has 0 radical (unpaired) electrons. The Morgan fingerprint density at radius 1 is 1.29 bits per heavy atom. The van der Waals surface area contributed by atoms with Crippen LogP contribution in [0.3, 0.4) is 0 Å². The Hall–Kier alpha value is -1.04. The molecule has 0 aliphatic rings. The van der Waals surface area contributed by atoms with Crippen LogP contribution in [0, 0.1) is 13.8 Å². The summed E-state index contributed by atoms with van der Waals surface area (Å²) in [6.07, 6.45) is 0.474. The number of benzene rings is 1. The van der Waals surface area contributed by atoms with Crippen molar-refractivity contribution < 1.29 is 14.6 Å². The minimum Gasteiger partial charge on any atom is -0.395 e. The standard InChI is InChI=1S/C16H25NO3S/c1-13-4-5-15(12-14(13)2)21-11-6-16(19)17(7-9-18)8-10-20-3/h4-5,12,18H,6-11H2,1-3H3. The van der Waals surface area contributed by atoms with Gasteiger partial charge in [-0.1, -0.05) is 6.07 Å². The van der Waals surface area contributed by atoms with E-state index in [9.17, 15) is 4.79 Å². The SMILES string of the molecule is COCCN(CCO)C(=O)CCSc1ccc(C)c(C)c1. The molecule has 0 spiro atoms. The third kappa shape index (κ3) is 6.50. The maximum atomic E-state index is 12.1. The van der Waals surface area contributed by atoms with Gasteiger partial charge in [-0.25, -0.2) is 0 Å². The average Bonchev–Trinajstić information content (AvgIpc) is 2.47. The molecule has 4 nitrogen and oxygen atoms in total. The fraction of sp³-hybridized carbons (Fsp3) is 0.562. The maximum Gasteiger partial charge on any atom is 0.223 e. The summed E-state index contributed by atoms with van der Waals surface area (Å²) < 4.78 is 4.99. The topological polar surface area (TPSA) is 49.8 Å². The van der Waals surface area contributed by atoms with Crippen LogP contribution in [0.25, 0.3) is 0 Å². The Morgan fingerprint density at radius 3 is 2.67 bits per heavy atom. The van der Waals surface area contributed by atoms with Gasteiger partial charge < -0.3 is 14.7 Å². The van der Waals surface area contributed by atoms with Crippen LogP contribution in [0.2, 0.25) is 0 Å². The van der Waals surface area contributed by atoms with Crippen molar-refractivity contribution in [1.29, 1.82) is 0 Å². The van der Waals surface area contributed by atoms with E-state index < -0.39 is 0 Å². The highest BCUT2D eigenvalue weighted by molar-refractivity contribution is 7.99. The number of aliphatic hydroxyl groups excluding tert-OH is 1. The zero-order chi connectivity index (χ0) is 15.7. The molecule has 0 bridgehead atoms. The van der Waals surface area contributed by atoms with Crippen LogP contribution >= 0.6 is 11.8 Å². The fourth-order valence-electron chi connectivity index (χ4n) is 1.90. The number of ether oxygens (including phenoxy) is 1. The molecular weight excluding hydrogens is 286 g/mol. The normalized spacial score (nSPS) is 10.7. The monoisotopic (exact) mass is 311 g/mol. The van der Waals surface area contributed by atoms with Crippen LogP contribution in [0.15, 0.2) is 23.1 Å². The summed E-state index contributed by atoms with van der Waals surface area (Å²) in [6, 6.07) is 6.35. The molecule has 1 rings (SSSR count). The minimum atomic E-state index is -0.0141. The first-order valence-corrected chi connectivity index (χ1v) is 8.14. The van der Waals surface area contributed by atoms with Gasteiger partial charge in [-0.05, 0) is 37.1 Å². The van der Waals surface area contributed by atoms with Crippen LogP contribution in [0.1, 0.15) is 17.5 Å². The Balaban J connectivity index is 2.41. The highest BCUT2D eigenvalue weighted by Crippen LogP contribution is 2.21. The van der Waals surface area contributed by atoms with Crippen LogP contribution in [0.4, 0.5) is 0 Å². The quantitative estimate of drug-likeness (QED) is 0.711. The molecule has 1 aromatic rings. The van der Waals surface area contributed by atoms with Crippen molar-refractivity contribution in [3.63, 3.8) is 0 Å². The van der Waals surface area contributed by atoms with Crippen molar-refractivity contribution in [3.8, 4) is 0 Å². The number of aryl methyl sites for hydroxylation is 2. The van der Waals surface area contributed by atoms with E-state index in [1.165, 1.54) is 16.0 Å². The Bertz CT molecular complexity index is 451. The summed E-state index contributed by atoms with van der Waals surface area (Å²) >= 11 is 1.69. The zero-order valence-electron chi connectivity index (χ0n) is 13.1. The van der Waals surface area contributed by atoms with E-state index in [0.29, 0.717) is 26.1 Å². The highest BCUT2D eigenvalue weighted by atomic mass is 32.2. The first-order chi connectivity index (χ1) is 10.1. The number of hydrogen-bond acceptors (Lipinski definition) is 4. The minimum absolute atomic E-state index is 0.0141. The molecule has 0 unspecified atom stereocenters. The summed E-state index contributed by atoms with van der Waals surface area (Å²) in [5.41, 5.74) is 2.55. The molecular formula is C16H25NO3S. The number of methoxy groups -OCH3 is 1. The van der Waals surface area contributed by atoms with Crippen molar-refractivity contribution in [1.82, 2.24) is 4.90 Å². The Morgan fingerprint density at radius 2 is 2.05 bits per heavy atom. The van der Waals surface area contributed by atoms with Crippen molar-refractivity contribution in [3.05, 3.63) is 29.3 Å². The van der Waals surface area contributed by atoms with Gasteiger partial charge in [0, 0.05) is 37.3 Å². The van der Waals surface area contributed by atoms with E-state index in [1.807, 2.05) is 0 Å². The maximum absolute atomic E-state index is 12.1. The smallest absolute Gasteiger partial charge is 0.223 e. The third-order valence-corrected chi connectivity index (χ3v) is 4.35. The Kier molecular flexibility index (Phi) is 8.42. The molecule has 0 aliphatic carbocycles. The second kappa shape index (κ2) is 9.82. The number of amides is 1. The number of hydrogen-bond donors (Lipinski definition) is 1. The van der Waals surface area contributed by atoms with Crippen LogP contribution in [-0.4, -0.2) is 55.1 Å². The molecule has 0 heterocycles. The van der Waals surface area contributed by atoms with Crippen LogP contribution < -0.4 is 0 Å². The molecule has 5 heteroatoms. The van der Waals surface area contributed by atoms with E-state index in [2.05, 4.69) is 32.0 Å². The lowest BCUT2D eigenvalue weighted by Gasteiger charge is -2.21. The van der Waals surface area contributed by atoms with E-state index in [-0.39, 0.29) is 12.5 Å². The highest BCUT2D eigenvalue weighted by Gasteiger charge is 2.12. The van der Waals surface area contributed by atoms with E-state index in [0.717, 1.165) is 5.75 Å². The fourth-order valence-corrected chi connectivity index (χ4v) is 2.84. The van der Waals surface area contributed by atoms with Gasteiger partial charge in [0.15, 0.2) is 0 Å². The number of carbonyl (C=O) groups is 1. The Labute approximate surface area is 131 Å². The largest absolute Gasteiger partial charge is 0.395 e. The lowest BCUT2D eigenvalue weighted by Crippen LogP contribution is -2.36. The van der Waals surface area contributed by atoms with Gasteiger partial charge in [0.1, 0.15) is 0 Å². The predicted molar refractivity (Wildman–Crippen MR) is 86.8 cm³/mol. The summed E-state index contributed by atoms with van der Waals surface area (Å²) in [7, 11) is 1.61. The number of thioether (sulfide) groups is 1. The number of aliphatic hydroxyl groups is 1. The third-order valence-electron chi connectivity index (χ3n) is 3.35. The van der Waals surface area contributed by atoms with Gasteiger partial charge >= 0.3 is 0 Å². The molecule has 118 valence electrons.